The van der Waals surface area contributed by atoms with Crippen LogP contribution in [-0.2, 0) is 6.42 Å². The standard InChI is InChI=1S/C25H26O3/c1-3-18-15-24(26)23(25(27)28)16-22(18)21(20-12-8-5-9-13-20)14-17(2)19-10-6-4-7-11-19/h4-13,15-17,21,26H,3,14H2,1-2H3,(H,27,28). The summed E-state index contributed by atoms with van der Waals surface area (Å²) in [5.74, 6) is -0.927. The Kier molecular flexibility index (Phi) is 6.15. The molecule has 0 saturated heterocycles. The Morgan fingerprint density at radius 3 is 2.04 bits per heavy atom. The molecule has 3 aromatic rings. The number of aromatic hydroxyl groups is 1. The molecule has 0 amide bonds. The largest absolute Gasteiger partial charge is 0.507 e. The van der Waals surface area contributed by atoms with Crippen molar-refractivity contribution in [2.75, 3.05) is 0 Å². The van der Waals surface area contributed by atoms with Gasteiger partial charge in [0.15, 0.2) is 0 Å². The predicted molar refractivity (Wildman–Crippen MR) is 112 cm³/mol. The molecule has 0 aliphatic heterocycles. The van der Waals surface area contributed by atoms with Gasteiger partial charge >= 0.3 is 5.97 Å². The fourth-order valence-electron chi connectivity index (χ4n) is 3.85. The van der Waals surface area contributed by atoms with Crippen LogP contribution in [0.3, 0.4) is 0 Å². The van der Waals surface area contributed by atoms with Crippen LogP contribution in [0.1, 0.15) is 64.7 Å². The molecule has 144 valence electrons. The van der Waals surface area contributed by atoms with Gasteiger partial charge in [0.05, 0.1) is 0 Å². The number of carbonyl (C=O) groups is 1. The zero-order valence-corrected chi connectivity index (χ0v) is 16.3. The molecule has 0 heterocycles. The first-order chi connectivity index (χ1) is 13.5. The number of aromatic carboxylic acids is 1. The van der Waals surface area contributed by atoms with Gasteiger partial charge in [-0.2, -0.15) is 0 Å². The average molecular weight is 374 g/mol. The maximum absolute atomic E-state index is 11.6. The van der Waals surface area contributed by atoms with Crippen molar-refractivity contribution in [3.05, 3.63) is 101 Å². The summed E-state index contributed by atoms with van der Waals surface area (Å²) in [5.41, 5.74) is 4.34. The smallest absolute Gasteiger partial charge is 0.339 e. The third kappa shape index (κ3) is 4.25. The van der Waals surface area contributed by atoms with Crippen LogP contribution in [-0.4, -0.2) is 16.2 Å². The Balaban J connectivity index is 2.09. The summed E-state index contributed by atoms with van der Waals surface area (Å²) in [6, 6.07) is 23.8. The molecule has 3 nitrogen and oxygen atoms in total. The lowest BCUT2D eigenvalue weighted by molar-refractivity contribution is 0.0693. The topological polar surface area (TPSA) is 57.5 Å². The Labute approximate surface area is 166 Å². The second-order valence-corrected chi connectivity index (χ2v) is 7.24. The summed E-state index contributed by atoms with van der Waals surface area (Å²) in [6.45, 7) is 4.23. The first kappa shape index (κ1) is 19.7. The Morgan fingerprint density at radius 1 is 0.929 bits per heavy atom. The highest BCUT2D eigenvalue weighted by Crippen LogP contribution is 2.38. The van der Waals surface area contributed by atoms with E-state index in [1.54, 1.807) is 12.1 Å². The van der Waals surface area contributed by atoms with Crippen LogP contribution in [0.2, 0.25) is 0 Å². The molecule has 0 aromatic heterocycles. The Hall–Kier alpha value is -3.07. The zero-order valence-electron chi connectivity index (χ0n) is 16.3. The fourth-order valence-corrected chi connectivity index (χ4v) is 3.85. The number of phenols is 1. The van der Waals surface area contributed by atoms with Crippen molar-refractivity contribution >= 4 is 5.97 Å². The van der Waals surface area contributed by atoms with Crippen LogP contribution in [0.5, 0.6) is 5.75 Å². The van der Waals surface area contributed by atoms with Gasteiger partial charge in [0.2, 0.25) is 0 Å². The number of hydrogen-bond donors (Lipinski definition) is 2. The average Bonchev–Trinajstić information content (AvgIpc) is 2.72. The molecule has 0 spiro atoms. The van der Waals surface area contributed by atoms with Gasteiger partial charge in [-0.15, -0.1) is 0 Å². The van der Waals surface area contributed by atoms with Crippen LogP contribution in [0.15, 0.2) is 72.8 Å². The van der Waals surface area contributed by atoms with Crippen LogP contribution in [0.4, 0.5) is 0 Å². The quantitative estimate of drug-likeness (QED) is 0.535. The number of benzene rings is 3. The molecule has 0 aliphatic carbocycles. The van der Waals surface area contributed by atoms with E-state index < -0.39 is 5.97 Å². The van der Waals surface area contributed by atoms with Gasteiger partial charge in [-0.05, 0) is 53.1 Å². The van der Waals surface area contributed by atoms with Crippen LogP contribution < -0.4 is 0 Å². The van der Waals surface area contributed by atoms with Crippen molar-refractivity contribution in [3.63, 3.8) is 0 Å². The lowest BCUT2D eigenvalue weighted by atomic mass is 9.79. The van der Waals surface area contributed by atoms with E-state index in [2.05, 4.69) is 31.2 Å². The summed E-state index contributed by atoms with van der Waals surface area (Å²) < 4.78 is 0. The van der Waals surface area contributed by atoms with Crippen LogP contribution in [0, 0.1) is 0 Å². The minimum Gasteiger partial charge on any atom is -0.507 e. The first-order valence-electron chi connectivity index (χ1n) is 9.70. The molecule has 3 heteroatoms. The lowest BCUT2D eigenvalue weighted by Crippen LogP contribution is -2.11. The van der Waals surface area contributed by atoms with E-state index in [4.69, 9.17) is 0 Å². The number of aryl methyl sites for hydroxylation is 1. The summed E-state index contributed by atoms with van der Waals surface area (Å²) in [4.78, 5) is 11.6. The van der Waals surface area contributed by atoms with Crippen molar-refractivity contribution in [2.24, 2.45) is 0 Å². The third-order valence-corrected chi connectivity index (χ3v) is 5.40. The molecule has 2 N–H and O–H groups in total. The van der Waals surface area contributed by atoms with Gasteiger partial charge in [-0.1, -0.05) is 74.5 Å². The monoisotopic (exact) mass is 374 g/mol. The molecule has 0 aliphatic rings. The first-order valence-corrected chi connectivity index (χ1v) is 9.70. The van der Waals surface area contributed by atoms with Crippen molar-refractivity contribution < 1.29 is 15.0 Å². The van der Waals surface area contributed by atoms with Crippen molar-refractivity contribution in [3.8, 4) is 5.75 Å². The molecular formula is C25H26O3. The number of carboxylic acid groups (broad SMARTS) is 1. The number of hydrogen-bond acceptors (Lipinski definition) is 2. The van der Waals surface area contributed by atoms with Crippen LogP contribution in [0.25, 0.3) is 0 Å². The highest BCUT2D eigenvalue weighted by Gasteiger charge is 2.23. The summed E-state index contributed by atoms with van der Waals surface area (Å²) >= 11 is 0. The van der Waals surface area contributed by atoms with E-state index in [9.17, 15) is 15.0 Å². The maximum Gasteiger partial charge on any atom is 0.339 e. The molecule has 3 aromatic carbocycles. The van der Waals surface area contributed by atoms with Gasteiger partial charge in [0.1, 0.15) is 11.3 Å². The molecule has 0 saturated carbocycles. The van der Waals surface area contributed by atoms with Crippen molar-refractivity contribution in [2.45, 2.75) is 38.5 Å². The second-order valence-electron chi connectivity index (χ2n) is 7.24. The number of rotatable bonds is 7. The summed E-state index contributed by atoms with van der Waals surface area (Å²) in [7, 11) is 0. The molecule has 0 fully saturated rings. The molecule has 2 atom stereocenters. The van der Waals surface area contributed by atoms with E-state index in [0.29, 0.717) is 5.92 Å². The highest BCUT2D eigenvalue weighted by atomic mass is 16.4. The fraction of sp³-hybridized carbons (Fsp3) is 0.240. The van der Waals surface area contributed by atoms with Gasteiger partial charge in [-0.25, -0.2) is 4.79 Å². The van der Waals surface area contributed by atoms with E-state index in [1.807, 2.05) is 43.3 Å². The van der Waals surface area contributed by atoms with Crippen LogP contribution >= 0.6 is 0 Å². The van der Waals surface area contributed by atoms with Crippen molar-refractivity contribution in [1.82, 2.24) is 0 Å². The Bertz CT molecular complexity index is 933. The molecule has 0 radical (unpaired) electrons. The minimum absolute atomic E-state index is 0.0412. The van der Waals surface area contributed by atoms with Gasteiger partial charge < -0.3 is 10.2 Å². The zero-order chi connectivity index (χ0) is 20.1. The second kappa shape index (κ2) is 8.75. The summed E-state index contributed by atoms with van der Waals surface area (Å²) in [6.07, 6.45) is 1.58. The van der Waals surface area contributed by atoms with E-state index >= 15 is 0 Å². The van der Waals surface area contributed by atoms with Gasteiger partial charge in [0.25, 0.3) is 0 Å². The SMILES string of the molecule is CCc1cc(O)c(C(=O)O)cc1C(CC(C)c1ccccc1)c1ccccc1. The number of carboxylic acids is 1. The highest BCUT2D eigenvalue weighted by molar-refractivity contribution is 5.91. The molecule has 3 rings (SSSR count). The third-order valence-electron chi connectivity index (χ3n) is 5.40. The van der Waals surface area contributed by atoms with Crippen molar-refractivity contribution in [1.29, 1.82) is 0 Å². The predicted octanol–water partition coefficient (Wildman–Crippen LogP) is 5.98. The minimum atomic E-state index is -1.11. The van der Waals surface area contributed by atoms with E-state index in [0.717, 1.165) is 29.5 Å². The molecular weight excluding hydrogens is 348 g/mol. The molecule has 0 bridgehead atoms. The normalized spacial score (nSPS) is 13.1. The summed E-state index contributed by atoms with van der Waals surface area (Å²) in [5, 5.41) is 19.7. The molecule has 28 heavy (non-hydrogen) atoms. The van der Waals surface area contributed by atoms with E-state index in [1.165, 1.54) is 5.56 Å². The van der Waals surface area contributed by atoms with Gasteiger partial charge in [0, 0.05) is 5.92 Å². The van der Waals surface area contributed by atoms with Gasteiger partial charge in [-0.3, -0.25) is 0 Å². The Morgan fingerprint density at radius 2 is 1.50 bits per heavy atom. The van der Waals surface area contributed by atoms with E-state index in [-0.39, 0.29) is 17.2 Å². The molecule has 2 unspecified atom stereocenters. The maximum atomic E-state index is 11.6. The lowest BCUT2D eigenvalue weighted by Gasteiger charge is -2.25.